The zero-order valence-electron chi connectivity index (χ0n) is 13.7. The lowest BCUT2D eigenvalue weighted by Gasteiger charge is -2.19. The summed E-state index contributed by atoms with van der Waals surface area (Å²) in [4.78, 5) is 11.7. The van der Waals surface area contributed by atoms with Crippen LogP contribution >= 0.6 is 0 Å². The van der Waals surface area contributed by atoms with E-state index >= 15 is 0 Å². The number of para-hydroxylation sites is 1. The van der Waals surface area contributed by atoms with Crippen molar-refractivity contribution in [2.24, 2.45) is 0 Å². The molecule has 1 atom stereocenters. The Kier molecular flexibility index (Phi) is 7.88. The molecule has 21 heavy (non-hydrogen) atoms. The van der Waals surface area contributed by atoms with Crippen molar-refractivity contribution in [3.8, 4) is 0 Å². The minimum Gasteiger partial charge on any atom is -0.465 e. The van der Waals surface area contributed by atoms with Gasteiger partial charge in [-0.05, 0) is 30.4 Å². The smallest absolute Gasteiger partial charge is 0.339 e. The molecule has 3 nitrogen and oxygen atoms in total. The highest BCUT2D eigenvalue weighted by molar-refractivity contribution is 5.95. The van der Waals surface area contributed by atoms with Gasteiger partial charge in [0.15, 0.2) is 0 Å². The molecule has 0 aromatic heterocycles. The van der Waals surface area contributed by atoms with Crippen LogP contribution in [-0.4, -0.2) is 13.1 Å². The highest BCUT2D eigenvalue weighted by Crippen LogP contribution is 2.32. The number of ether oxygens (including phenoxy) is 1. The fourth-order valence-corrected chi connectivity index (χ4v) is 2.80. The third-order valence-electron chi connectivity index (χ3n) is 4.13. The molecule has 0 aliphatic rings. The third kappa shape index (κ3) is 5.07. The average Bonchev–Trinajstić information content (AvgIpc) is 2.51. The largest absolute Gasteiger partial charge is 0.465 e. The Morgan fingerprint density at radius 3 is 2.52 bits per heavy atom. The van der Waals surface area contributed by atoms with E-state index in [9.17, 15) is 4.79 Å². The third-order valence-corrected chi connectivity index (χ3v) is 4.13. The van der Waals surface area contributed by atoms with Crippen LogP contribution in [0.25, 0.3) is 0 Å². The van der Waals surface area contributed by atoms with Crippen LogP contribution in [0.3, 0.4) is 0 Å². The van der Waals surface area contributed by atoms with E-state index in [1.807, 2.05) is 12.1 Å². The zero-order valence-corrected chi connectivity index (χ0v) is 13.7. The topological polar surface area (TPSA) is 52.3 Å². The lowest BCUT2D eigenvalue weighted by molar-refractivity contribution is 0.0602. The van der Waals surface area contributed by atoms with Crippen LogP contribution in [0.4, 0.5) is 5.69 Å². The van der Waals surface area contributed by atoms with Crippen molar-refractivity contribution in [3.63, 3.8) is 0 Å². The molecule has 0 fully saturated rings. The second-order valence-electron chi connectivity index (χ2n) is 5.61. The van der Waals surface area contributed by atoms with Crippen molar-refractivity contribution >= 4 is 11.7 Å². The zero-order chi connectivity index (χ0) is 15.7. The number of carbonyl (C=O) groups is 1. The van der Waals surface area contributed by atoms with Crippen molar-refractivity contribution in [1.29, 1.82) is 0 Å². The predicted octanol–water partition coefficient (Wildman–Crippen LogP) is 4.91. The Labute approximate surface area is 128 Å². The fourth-order valence-electron chi connectivity index (χ4n) is 2.80. The van der Waals surface area contributed by atoms with Crippen molar-refractivity contribution in [3.05, 3.63) is 29.3 Å². The highest BCUT2D eigenvalue weighted by Gasteiger charge is 2.17. The second kappa shape index (κ2) is 9.43. The van der Waals surface area contributed by atoms with Crippen LogP contribution in [0.2, 0.25) is 0 Å². The Morgan fingerprint density at radius 2 is 1.90 bits per heavy atom. The summed E-state index contributed by atoms with van der Waals surface area (Å²) in [5.41, 5.74) is 8.35. The number of carbonyl (C=O) groups excluding carboxylic acids is 1. The van der Waals surface area contributed by atoms with Crippen LogP contribution in [-0.2, 0) is 4.74 Å². The number of esters is 1. The van der Waals surface area contributed by atoms with Gasteiger partial charge in [0.25, 0.3) is 0 Å². The van der Waals surface area contributed by atoms with Gasteiger partial charge in [-0.25, -0.2) is 4.79 Å². The van der Waals surface area contributed by atoms with Gasteiger partial charge in [0.1, 0.15) is 0 Å². The number of unbranched alkanes of at least 4 members (excludes halogenated alkanes) is 4. The minimum absolute atomic E-state index is 0.354. The maximum absolute atomic E-state index is 11.7. The van der Waals surface area contributed by atoms with Crippen molar-refractivity contribution in [1.82, 2.24) is 0 Å². The first-order valence-electron chi connectivity index (χ1n) is 8.12. The molecule has 3 heteroatoms. The van der Waals surface area contributed by atoms with Gasteiger partial charge < -0.3 is 10.5 Å². The Hall–Kier alpha value is -1.51. The summed E-state index contributed by atoms with van der Waals surface area (Å²) in [6, 6.07) is 5.68. The van der Waals surface area contributed by atoms with E-state index in [2.05, 4.69) is 13.8 Å². The summed E-state index contributed by atoms with van der Waals surface area (Å²) < 4.78 is 4.79. The number of methoxy groups -OCH3 is 1. The molecule has 0 aliphatic heterocycles. The summed E-state index contributed by atoms with van der Waals surface area (Å²) in [7, 11) is 1.39. The van der Waals surface area contributed by atoms with Crippen LogP contribution in [0.1, 0.15) is 80.6 Å². The minimum atomic E-state index is -0.354. The first-order chi connectivity index (χ1) is 10.2. The standard InChI is InChI=1S/C18H29NO2/c1-4-6-7-8-9-11-14(5-2)15-12-10-13-16(17(15)19)18(20)21-3/h10,12-14H,4-9,11,19H2,1-3H3. The molecule has 0 heterocycles. The number of anilines is 1. The van der Waals surface area contributed by atoms with Crippen LogP contribution in [0, 0.1) is 0 Å². The molecule has 0 aliphatic carbocycles. The number of hydrogen-bond donors (Lipinski definition) is 1. The molecular weight excluding hydrogens is 262 g/mol. The van der Waals surface area contributed by atoms with Crippen molar-refractivity contribution < 1.29 is 9.53 Å². The first-order valence-corrected chi connectivity index (χ1v) is 8.12. The second-order valence-corrected chi connectivity index (χ2v) is 5.61. The van der Waals surface area contributed by atoms with E-state index in [1.54, 1.807) is 6.07 Å². The van der Waals surface area contributed by atoms with Gasteiger partial charge >= 0.3 is 5.97 Å². The molecule has 0 saturated carbocycles. The van der Waals surface area contributed by atoms with Gasteiger partial charge in [-0.15, -0.1) is 0 Å². The molecule has 0 spiro atoms. The Morgan fingerprint density at radius 1 is 1.19 bits per heavy atom. The van der Waals surface area contributed by atoms with E-state index in [1.165, 1.54) is 39.2 Å². The molecule has 1 unspecified atom stereocenters. The quantitative estimate of drug-likeness (QED) is 0.399. The van der Waals surface area contributed by atoms with Crippen LogP contribution in [0.15, 0.2) is 18.2 Å². The van der Waals surface area contributed by atoms with Gasteiger partial charge in [-0.2, -0.15) is 0 Å². The first kappa shape index (κ1) is 17.5. The molecule has 0 radical (unpaired) electrons. The molecule has 0 saturated heterocycles. The SMILES string of the molecule is CCCCCCCC(CC)c1cccc(C(=O)OC)c1N. The normalized spacial score (nSPS) is 12.1. The molecule has 0 bridgehead atoms. The van der Waals surface area contributed by atoms with Gasteiger partial charge in [0.05, 0.1) is 12.7 Å². The predicted molar refractivity (Wildman–Crippen MR) is 88.6 cm³/mol. The average molecular weight is 291 g/mol. The molecule has 118 valence electrons. The summed E-state index contributed by atoms with van der Waals surface area (Å²) in [5, 5.41) is 0. The Bertz CT molecular complexity index is 443. The van der Waals surface area contributed by atoms with E-state index in [-0.39, 0.29) is 5.97 Å². The lowest BCUT2D eigenvalue weighted by Crippen LogP contribution is -2.10. The van der Waals surface area contributed by atoms with Crippen molar-refractivity contribution in [2.45, 2.75) is 64.7 Å². The van der Waals surface area contributed by atoms with E-state index in [4.69, 9.17) is 10.5 Å². The van der Waals surface area contributed by atoms with Crippen LogP contribution in [0.5, 0.6) is 0 Å². The monoisotopic (exact) mass is 291 g/mol. The molecule has 2 N–H and O–H groups in total. The number of hydrogen-bond acceptors (Lipinski definition) is 3. The molecule has 0 amide bonds. The van der Waals surface area contributed by atoms with Gasteiger partial charge in [-0.1, -0.05) is 58.1 Å². The Balaban J connectivity index is 2.74. The lowest BCUT2D eigenvalue weighted by atomic mass is 9.88. The van der Waals surface area contributed by atoms with E-state index < -0.39 is 0 Å². The number of benzene rings is 1. The molecular formula is C18H29NO2. The summed E-state index contributed by atoms with van der Waals surface area (Å²) in [5.74, 6) is 0.0726. The number of nitrogens with two attached hydrogens (primary N) is 1. The van der Waals surface area contributed by atoms with Gasteiger partial charge in [0.2, 0.25) is 0 Å². The number of nitrogen functional groups attached to an aromatic ring is 1. The summed E-state index contributed by atoms with van der Waals surface area (Å²) in [6.07, 6.45) is 8.58. The van der Waals surface area contributed by atoms with Crippen molar-refractivity contribution in [2.75, 3.05) is 12.8 Å². The number of rotatable bonds is 9. The summed E-state index contributed by atoms with van der Waals surface area (Å²) >= 11 is 0. The molecule has 1 aromatic rings. The highest BCUT2D eigenvalue weighted by atomic mass is 16.5. The maximum Gasteiger partial charge on any atom is 0.339 e. The summed E-state index contributed by atoms with van der Waals surface area (Å²) in [6.45, 7) is 4.41. The van der Waals surface area contributed by atoms with E-state index in [0.717, 1.165) is 18.4 Å². The molecule has 1 aromatic carbocycles. The van der Waals surface area contributed by atoms with Gasteiger partial charge in [-0.3, -0.25) is 0 Å². The van der Waals surface area contributed by atoms with E-state index in [0.29, 0.717) is 17.2 Å². The fraction of sp³-hybridized carbons (Fsp3) is 0.611. The molecule has 1 rings (SSSR count). The van der Waals surface area contributed by atoms with Crippen LogP contribution < -0.4 is 5.73 Å². The maximum atomic E-state index is 11.7. The van der Waals surface area contributed by atoms with Gasteiger partial charge in [0, 0.05) is 5.69 Å².